The van der Waals surface area contributed by atoms with Crippen molar-refractivity contribution in [1.82, 2.24) is 10.2 Å². The maximum Gasteiger partial charge on any atom is 0.222 e. The number of Topliss-reactive ketones (excluding diaryl/α,β-unsaturated/α-hetero) is 1. The number of carbonyl (C=O) groups is 2. The molecule has 0 aromatic heterocycles. The van der Waals surface area contributed by atoms with Crippen molar-refractivity contribution in [2.45, 2.75) is 43.8 Å². The summed E-state index contributed by atoms with van der Waals surface area (Å²) in [6, 6.07) is 12.6. The number of anilines is 1. The van der Waals surface area contributed by atoms with Crippen LogP contribution in [0.25, 0.3) is 0 Å². The summed E-state index contributed by atoms with van der Waals surface area (Å²) >= 11 is 0. The van der Waals surface area contributed by atoms with Crippen LogP contribution in [0.15, 0.2) is 42.5 Å². The molecule has 0 saturated carbocycles. The molecule has 2 aliphatic heterocycles. The van der Waals surface area contributed by atoms with E-state index in [9.17, 15) is 14.0 Å². The van der Waals surface area contributed by atoms with Crippen LogP contribution in [-0.4, -0.2) is 42.3 Å². The number of hydrogen-bond donors (Lipinski definition) is 3. The van der Waals surface area contributed by atoms with Crippen LogP contribution in [-0.2, 0) is 15.1 Å². The van der Waals surface area contributed by atoms with Gasteiger partial charge in [0, 0.05) is 25.3 Å². The summed E-state index contributed by atoms with van der Waals surface area (Å²) in [7, 11) is 0. The average molecular weight is 437 g/mol. The number of benzene rings is 2. The van der Waals surface area contributed by atoms with E-state index in [2.05, 4.69) is 15.5 Å². The minimum Gasteiger partial charge on any atom is -0.385 e. The average Bonchev–Trinajstić information content (AvgIpc) is 3.58. The number of primary amides is 1. The molecule has 3 aliphatic rings. The van der Waals surface area contributed by atoms with Gasteiger partial charge in [-0.05, 0) is 55.0 Å². The van der Waals surface area contributed by atoms with Crippen molar-refractivity contribution in [3.05, 3.63) is 65.0 Å². The number of carbonyl (C=O) groups excluding carboxylic acids is 2. The van der Waals surface area contributed by atoms with Gasteiger partial charge in [0.2, 0.25) is 5.91 Å². The fraction of sp³-hybridized carbons (Fsp3) is 0.440. The molecule has 1 aliphatic carbocycles. The molecule has 2 unspecified atom stereocenters. The van der Waals surface area contributed by atoms with Gasteiger partial charge in [0.25, 0.3) is 0 Å². The molecule has 0 bridgehead atoms. The molecule has 168 valence electrons. The highest BCUT2D eigenvalue weighted by Gasteiger charge is 2.60. The van der Waals surface area contributed by atoms with Gasteiger partial charge in [-0.2, -0.15) is 0 Å². The zero-order valence-corrected chi connectivity index (χ0v) is 18.4. The van der Waals surface area contributed by atoms with Crippen LogP contribution in [0.1, 0.15) is 48.9 Å². The Morgan fingerprint density at radius 1 is 1.28 bits per heavy atom. The van der Waals surface area contributed by atoms with Gasteiger partial charge >= 0.3 is 0 Å². The first-order chi connectivity index (χ1) is 15.4. The maximum absolute atomic E-state index is 14.7. The Labute approximate surface area is 187 Å². The van der Waals surface area contributed by atoms with E-state index in [4.69, 9.17) is 5.73 Å². The zero-order chi connectivity index (χ0) is 22.6. The second kappa shape index (κ2) is 7.67. The van der Waals surface area contributed by atoms with Gasteiger partial charge in [0.1, 0.15) is 11.4 Å². The van der Waals surface area contributed by atoms with E-state index in [1.54, 1.807) is 0 Å². The Morgan fingerprint density at radius 3 is 2.72 bits per heavy atom. The molecule has 2 aromatic carbocycles. The number of nitrogens with zero attached hydrogens (tertiary/aromatic N) is 1. The molecule has 2 saturated heterocycles. The van der Waals surface area contributed by atoms with Gasteiger partial charge in [-0.25, -0.2) is 4.39 Å². The minimum atomic E-state index is -1.03. The first-order valence-corrected chi connectivity index (χ1v) is 11.3. The lowest BCUT2D eigenvalue weighted by atomic mass is 9.72. The van der Waals surface area contributed by atoms with Crippen LogP contribution < -0.4 is 16.4 Å². The Morgan fingerprint density at radius 2 is 2.03 bits per heavy atom. The molecular weight excluding hydrogens is 407 g/mol. The van der Waals surface area contributed by atoms with Crippen LogP contribution in [0, 0.1) is 11.7 Å². The van der Waals surface area contributed by atoms with Gasteiger partial charge in [0.05, 0.1) is 18.0 Å². The van der Waals surface area contributed by atoms with Crippen molar-refractivity contribution in [2.75, 3.05) is 25.0 Å². The summed E-state index contributed by atoms with van der Waals surface area (Å²) < 4.78 is 14.7. The summed E-state index contributed by atoms with van der Waals surface area (Å²) in [6.45, 7) is 5.48. The lowest BCUT2D eigenvalue weighted by Gasteiger charge is -2.48. The zero-order valence-electron chi connectivity index (χ0n) is 18.4. The summed E-state index contributed by atoms with van der Waals surface area (Å²) in [4.78, 5) is 28.1. The van der Waals surface area contributed by atoms with Crippen molar-refractivity contribution in [3.63, 3.8) is 0 Å². The van der Waals surface area contributed by atoms with E-state index >= 15 is 0 Å². The molecule has 2 heterocycles. The first kappa shape index (κ1) is 21.1. The van der Waals surface area contributed by atoms with Crippen molar-refractivity contribution < 1.29 is 14.0 Å². The molecule has 5 rings (SSSR count). The van der Waals surface area contributed by atoms with E-state index in [1.807, 2.05) is 44.2 Å². The highest BCUT2D eigenvalue weighted by atomic mass is 19.1. The second-order valence-electron chi connectivity index (χ2n) is 9.26. The van der Waals surface area contributed by atoms with Gasteiger partial charge in [-0.1, -0.05) is 30.3 Å². The Balaban J connectivity index is 1.55. The van der Waals surface area contributed by atoms with Crippen molar-refractivity contribution in [3.8, 4) is 0 Å². The number of ketones is 1. The number of nitrogens with two attached hydrogens (primary N) is 1. The maximum atomic E-state index is 14.7. The van der Waals surface area contributed by atoms with Crippen molar-refractivity contribution in [1.29, 1.82) is 0 Å². The Bertz CT molecular complexity index is 1080. The number of piperidine rings is 1. The molecule has 0 spiro atoms. The number of halogens is 1. The third-order valence-corrected chi connectivity index (χ3v) is 7.53. The molecular formula is C25H29FN4O2. The largest absolute Gasteiger partial charge is 0.385 e. The Kier molecular flexibility index (Phi) is 5.06. The highest BCUT2D eigenvalue weighted by Crippen LogP contribution is 2.52. The molecule has 2 fully saturated rings. The molecule has 2 aromatic rings. The van der Waals surface area contributed by atoms with Crippen molar-refractivity contribution in [2.24, 2.45) is 11.7 Å². The predicted molar refractivity (Wildman–Crippen MR) is 121 cm³/mol. The summed E-state index contributed by atoms with van der Waals surface area (Å²) in [6.07, 6.45) is 0.701. The molecule has 5 atom stereocenters. The quantitative estimate of drug-likeness (QED) is 0.626. The van der Waals surface area contributed by atoms with Gasteiger partial charge in [-0.3, -0.25) is 19.8 Å². The number of hydrogen-bond acceptors (Lipinski definition) is 5. The van der Waals surface area contributed by atoms with Crippen LogP contribution in [0.2, 0.25) is 0 Å². The molecule has 0 radical (unpaired) electrons. The number of amides is 1. The van der Waals surface area contributed by atoms with Gasteiger partial charge < -0.3 is 11.1 Å². The standard InChI is InChI=1S/C25H29FN4O2/c1-3-28-19-12-15(26)11-18-20(19)21-22(29-21)23(31)25(18,2)30-10-9-16(17(13-30)24(27)32)14-7-5-4-6-8-14/h4-8,11-12,16-17,21-22,28-29H,3,9-10,13H2,1-2H3,(H2,27,32)/t16-,17-,21?,22?,25-/m0/s1. The highest BCUT2D eigenvalue weighted by molar-refractivity contribution is 6.00. The molecule has 6 nitrogen and oxygen atoms in total. The Hall–Kier alpha value is -2.77. The van der Waals surface area contributed by atoms with E-state index in [0.29, 0.717) is 31.6 Å². The summed E-state index contributed by atoms with van der Waals surface area (Å²) in [5.41, 5.74) is 8.28. The molecule has 7 heteroatoms. The van der Waals surface area contributed by atoms with E-state index < -0.39 is 11.5 Å². The summed E-state index contributed by atoms with van der Waals surface area (Å²) in [5, 5.41) is 6.55. The third-order valence-electron chi connectivity index (χ3n) is 7.53. The smallest absolute Gasteiger partial charge is 0.222 e. The van der Waals surface area contributed by atoms with Gasteiger partial charge in [0.15, 0.2) is 5.78 Å². The van der Waals surface area contributed by atoms with Crippen LogP contribution in [0.3, 0.4) is 0 Å². The lowest BCUT2D eigenvalue weighted by molar-refractivity contribution is -0.136. The predicted octanol–water partition coefficient (Wildman–Crippen LogP) is 2.66. The minimum absolute atomic E-state index is 0.00309. The molecule has 4 N–H and O–H groups in total. The van der Waals surface area contributed by atoms with Crippen LogP contribution in [0.4, 0.5) is 10.1 Å². The topological polar surface area (TPSA) is 97.4 Å². The number of likely N-dealkylation sites (tertiary alicyclic amines) is 1. The number of nitrogens with one attached hydrogen (secondary N) is 2. The van der Waals surface area contributed by atoms with E-state index in [1.165, 1.54) is 12.1 Å². The molecule has 32 heavy (non-hydrogen) atoms. The van der Waals surface area contributed by atoms with Crippen LogP contribution in [0.5, 0.6) is 0 Å². The van der Waals surface area contributed by atoms with Crippen LogP contribution >= 0.6 is 0 Å². The van der Waals surface area contributed by atoms with E-state index in [-0.39, 0.29) is 35.5 Å². The summed E-state index contributed by atoms with van der Waals surface area (Å²) in [5.74, 6) is -1.13. The third kappa shape index (κ3) is 3.14. The second-order valence-corrected chi connectivity index (χ2v) is 9.26. The van der Waals surface area contributed by atoms with E-state index in [0.717, 1.165) is 16.8 Å². The fourth-order valence-corrected chi connectivity index (χ4v) is 5.81. The molecule has 1 amide bonds. The fourth-order valence-electron chi connectivity index (χ4n) is 5.81. The SMILES string of the molecule is CCNc1cc(F)cc2c1C1NC1C(=O)[C@@]2(C)N1CC[C@@H](c2ccccc2)[C@@H](C(N)=O)C1. The first-order valence-electron chi connectivity index (χ1n) is 11.3. The van der Waals surface area contributed by atoms with Crippen molar-refractivity contribution >= 4 is 17.4 Å². The monoisotopic (exact) mass is 436 g/mol. The lowest BCUT2D eigenvalue weighted by Crippen LogP contribution is -2.59. The normalized spacial score (nSPS) is 31.5. The number of fused-ring (bicyclic) bond motifs is 3. The number of rotatable bonds is 5. The van der Waals surface area contributed by atoms with Gasteiger partial charge in [-0.15, -0.1) is 0 Å².